The number of rotatable bonds is 4. The number of carbonyl (C=O) groups is 2. The van der Waals surface area contributed by atoms with Gasteiger partial charge >= 0.3 is 5.97 Å². The van der Waals surface area contributed by atoms with Gasteiger partial charge in [-0.2, -0.15) is 0 Å². The first-order valence-corrected chi connectivity index (χ1v) is 8.01. The molecule has 0 saturated carbocycles. The Balaban J connectivity index is 1.81. The first-order chi connectivity index (χ1) is 12.4. The molecule has 26 heavy (non-hydrogen) atoms. The van der Waals surface area contributed by atoms with Crippen LogP contribution in [0.3, 0.4) is 0 Å². The van der Waals surface area contributed by atoms with Crippen molar-refractivity contribution in [2.45, 2.75) is 20.0 Å². The van der Waals surface area contributed by atoms with E-state index in [0.717, 1.165) is 0 Å². The van der Waals surface area contributed by atoms with Gasteiger partial charge in [0.15, 0.2) is 11.9 Å². The molecule has 2 N–H and O–H groups in total. The third-order valence-electron chi connectivity index (χ3n) is 3.72. The van der Waals surface area contributed by atoms with Crippen LogP contribution in [0, 0.1) is 0 Å². The van der Waals surface area contributed by atoms with E-state index in [-0.39, 0.29) is 22.9 Å². The van der Waals surface area contributed by atoms with E-state index in [1.165, 1.54) is 13.0 Å². The summed E-state index contributed by atoms with van der Waals surface area (Å²) in [5, 5.41) is 3.08. The Morgan fingerprint density at radius 3 is 2.69 bits per heavy atom. The molecule has 7 heteroatoms. The molecule has 1 aromatic heterocycles. The van der Waals surface area contributed by atoms with Gasteiger partial charge in [-0.15, -0.1) is 0 Å². The second kappa shape index (κ2) is 7.18. The number of H-pyrrole nitrogens is 1. The fourth-order valence-electron chi connectivity index (χ4n) is 2.51. The largest absolute Gasteiger partial charge is 0.451 e. The van der Waals surface area contributed by atoms with E-state index in [4.69, 9.17) is 4.74 Å². The van der Waals surface area contributed by atoms with Gasteiger partial charge in [0.1, 0.15) is 0 Å². The quantitative estimate of drug-likeness (QED) is 0.704. The van der Waals surface area contributed by atoms with E-state index in [9.17, 15) is 14.4 Å². The molecule has 1 amide bonds. The highest BCUT2D eigenvalue weighted by atomic mass is 16.5. The van der Waals surface area contributed by atoms with Gasteiger partial charge in [-0.3, -0.25) is 9.59 Å². The number of esters is 1. The topological polar surface area (TPSA) is 101 Å². The van der Waals surface area contributed by atoms with E-state index in [2.05, 4.69) is 15.3 Å². The van der Waals surface area contributed by atoms with Crippen molar-refractivity contribution in [2.75, 3.05) is 5.32 Å². The minimum atomic E-state index is -0.746. The summed E-state index contributed by atoms with van der Waals surface area (Å²) in [5.41, 5.74) is 1.02. The predicted octanol–water partition coefficient (Wildman–Crippen LogP) is 2.80. The van der Waals surface area contributed by atoms with Gasteiger partial charge < -0.3 is 15.0 Å². The molecule has 0 aliphatic rings. The summed E-state index contributed by atoms with van der Waals surface area (Å²) in [6.45, 7) is 3.01. The number of nitrogens with one attached hydrogen (secondary N) is 2. The minimum Gasteiger partial charge on any atom is -0.451 e. The highest BCUT2D eigenvalue weighted by Crippen LogP contribution is 2.18. The molecule has 0 aliphatic carbocycles. The summed E-state index contributed by atoms with van der Waals surface area (Å²) in [6.07, 6.45) is -0.746. The Morgan fingerprint density at radius 1 is 1.15 bits per heavy atom. The van der Waals surface area contributed by atoms with Crippen molar-refractivity contribution in [3.05, 3.63) is 70.3 Å². The van der Waals surface area contributed by atoms with Crippen LogP contribution in [-0.2, 0) is 9.53 Å². The summed E-state index contributed by atoms with van der Waals surface area (Å²) in [6, 6.07) is 13.3. The summed E-state index contributed by atoms with van der Waals surface area (Å²) >= 11 is 0. The van der Waals surface area contributed by atoms with Gasteiger partial charge in [0.05, 0.1) is 16.5 Å². The zero-order valence-electron chi connectivity index (χ0n) is 14.3. The number of para-hydroxylation sites is 1. The van der Waals surface area contributed by atoms with Crippen molar-refractivity contribution in [1.82, 2.24) is 9.97 Å². The normalized spacial score (nSPS) is 11.8. The first-order valence-electron chi connectivity index (χ1n) is 8.01. The number of hydrogen-bond donors (Lipinski definition) is 2. The highest BCUT2D eigenvalue weighted by molar-refractivity contribution is 5.93. The van der Waals surface area contributed by atoms with Crippen molar-refractivity contribution in [2.24, 2.45) is 0 Å². The fraction of sp³-hybridized carbons (Fsp3) is 0.158. The second-order valence-corrected chi connectivity index (χ2v) is 5.78. The van der Waals surface area contributed by atoms with Crippen LogP contribution >= 0.6 is 0 Å². The van der Waals surface area contributed by atoms with Crippen molar-refractivity contribution in [3.8, 4) is 0 Å². The average Bonchev–Trinajstić information content (AvgIpc) is 2.61. The number of anilines is 1. The van der Waals surface area contributed by atoms with Crippen LogP contribution in [0.15, 0.2) is 53.3 Å². The number of carbonyl (C=O) groups excluding carboxylic acids is 2. The molecule has 0 unspecified atom stereocenters. The monoisotopic (exact) mass is 351 g/mol. The van der Waals surface area contributed by atoms with E-state index in [1.807, 2.05) is 0 Å². The summed E-state index contributed by atoms with van der Waals surface area (Å²) in [4.78, 5) is 42.6. The van der Waals surface area contributed by atoms with Crippen LogP contribution in [0.5, 0.6) is 0 Å². The molecule has 0 saturated heterocycles. The maximum absolute atomic E-state index is 12.4. The lowest BCUT2D eigenvalue weighted by molar-refractivity contribution is -0.114. The molecule has 0 aliphatic heterocycles. The van der Waals surface area contributed by atoms with Gasteiger partial charge in [-0.25, -0.2) is 9.78 Å². The maximum Gasteiger partial charge on any atom is 0.338 e. The predicted molar refractivity (Wildman–Crippen MR) is 96.9 cm³/mol. The van der Waals surface area contributed by atoms with Gasteiger partial charge in [0.25, 0.3) is 5.56 Å². The summed E-state index contributed by atoms with van der Waals surface area (Å²) in [7, 11) is 0. The fourth-order valence-corrected chi connectivity index (χ4v) is 2.51. The molecule has 2 aromatic carbocycles. The van der Waals surface area contributed by atoms with Gasteiger partial charge in [0.2, 0.25) is 5.91 Å². The van der Waals surface area contributed by atoms with E-state index < -0.39 is 12.1 Å². The minimum absolute atomic E-state index is 0.234. The van der Waals surface area contributed by atoms with Crippen molar-refractivity contribution in [3.63, 3.8) is 0 Å². The molecule has 3 rings (SSSR count). The molecule has 7 nitrogen and oxygen atoms in total. The highest BCUT2D eigenvalue weighted by Gasteiger charge is 2.17. The molecule has 132 valence electrons. The molecule has 1 heterocycles. The van der Waals surface area contributed by atoms with Crippen LogP contribution < -0.4 is 10.9 Å². The van der Waals surface area contributed by atoms with E-state index in [1.54, 1.807) is 49.4 Å². The standard InChI is InChI=1S/C19H17N3O4/c1-11(17-21-16-9-4-3-8-15(16)18(24)22-17)26-19(25)13-6-5-7-14(10-13)20-12(2)23/h3-11H,1-2H3,(H,20,23)(H,21,22,24)/t11-/m1/s1. The molecular formula is C19H17N3O4. The van der Waals surface area contributed by atoms with Gasteiger partial charge in [-0.05, 0) is 37.3 Å². The molecule has 0 spiro atoms. The van der Waals surface area contributed by atoms with Crippen LogP contribution in [0.1, 0.15) is 36.1 Å². The molecule has 1 atom stereocenters. The zero-order chi connectivity index (χ0) is 18.7. The summed E-state index contributed by atoms with van der Waals surface area (Å²) < 4.78 is 5.40. The number of fused-ring (bicyclic) bond motifs is 1. The van der Waals surface area contributed by atoms with Crippen LogP contribution in [0.25, 0.3) is 10.9 Å². The number of nitrogens with zero attached hydrogens (tertiary/aromatic N) is 1. The average molecular weight is 351 g/mol. The van der Waals surface area contributed by atoms with Crippen molar-refractivity contribution >= 4 is 28.5 Å². The number of hydrogen-bond acceptors (Lipinski definition) is 5. The van der Waals surface area contributed by atoms with Crippen LogP contribution in [-0.4, -0.2) is 21.8 Å². The van der Waals surface area contributed by atoms with Gasteiger partial charge in [0, 0.05) is 12.6 Å². The van der Waals surface area contributed by atoms with Crippen molar-refractivity contribution in [1.29, 1.82) is 0 Å². The summed E-state index contributed by atoms with van der Waals surface area (Å²) in [5.74, 6) is -0.553. The Morgan fingerprint density at radius 2 is 1.92 bits per heavy atom. The Bertz CT molecular complexity index is 1040. The second-order valence-electron chi connectivity index (χ2n) is 5.78. The van der Waals surface area contributed by atoms with Gasteiger partial charge in [-0.1, -0.05) is 18.2 Å². The number of benzene rings is 2. The van der Waals surface area contributed by atoms with E-state index in [0.29, 0.717) is 16.6 Å². The molecule has 0 bridgehead atoms. The lowest BCUT2D eigenvalue weighted by atomic mass is 10.2. The Hall–Kier alpha value is -3.48. The van der Waals surface area contributed by atoms with E-state index >= 15 is 0 Å². The molecule has 3 aromatic rings. The molecular weight excluding hydrogens is 334 g/mol. The Labute approximate surface area is 149 Å². The number of amides is 1. The third kappa shape index (κ3) is 3.77. The molecule has 0 fully saturated rings. The molecule has 0 radical (unpaired) electrons. The first kappa shape index (κ1) is 17.3. The maximum atomic E-state index is 12.4. The van der Waals surface area contributed by atoms with Crippen LogP contribution in [0.2, 0.25) is 0 Å². The Kier molecular flexibility index (Phi) is 4.79. The van der Waals surface area contributed by atoms with Crippen LogP contribution in [0.4, 0.5) is 5.69 Å². The lowest BCUT2D eigenvalue weighted by Crippen LogP contribution is -2.17. The third-order valence-corrected chi connectivity index (χ3v) is 3.72. The lowest BCUT2D eigenvalue weighted by Gasteiger charge is -2.13. The smallest absolute Gasteiger partial charge is 0.338 e. The number of ether oxygens (including phenoxy) is 1. The SMILES string of the molecule is CC(=O)Nc1cccc(C(=O)O[C@H](C)c2nc3ccccc3c(=O)[nH]2)c1. The number of aromatic nitrogens is 2. The zero-order valence-corrected chi connectivity index (χ0v) is 14.3. The number of aromatic amines is 1. The van der Waals surface area contributed by atoms with Crippen molar-refractivity contribution < 1.29 is 14.3 Å².